The van der Waals surface area contributed by atoms with Gasteiger partial charge in [-0.1, -0.05) is 36.4 Å². The van der Waals surface area contributed by atoms with E-state index >= 15 is 0 Å². The molecule has 0 aliphatic carbocycles. The molecule has 4 N–H and O–H groups in total. The lowest BCUT2D eigenvalue weighted by molar-refractivity contribution is 0.0682. The van der Waals surface area contributed by atoms with E-state index in [0.717, 1.165) is 0 Å². The summed E-state index contributed by atoms with van der Waals surface area (Å²) in [4.78, 5) is 39.2. The standard InChI is InChI=1S/C28H30N4O6/c33-13-9-31(10-14-34)27(37)21-17-25(29-23-7-3-1-5-19(21)23)26-18-22(20-6-2-4-8-24(20)30-26)28(38)32(11-15-35)12-16-36/h1-8,17-18,33-36H,9-16H2. The van der Waals surface area contributed by atoms with Crippen molar-refractivity contribution in [1.82, 2.24) is 19.8 Å². The van der Waals surface area contributed by atoms with Gasteiger partial charge in [0.1, 0.15) is 0 Å². The fraction of sp³-hybridized carbons (Fsp3) is 0.286. The first-order valence-corrected chi connectivity index (χ1v) is 12.3. The van der Waals surface area contributed by atoms with E-state index in [2.05, 4.69) is 0 Å². The van der Waals surface area contributed by atoms with Gasteiger partial charge in [-0.3, -0.25) is 9.59 Å². The van der Waals surface area contributed by atoms with Gasteiger partial charge >= 0.3 is 0 Å². The number of aromatic nitrogens is 2. The Kier molecular flexibility index (Phi) is 8.93. The van der Waals surface area contributed by atoms with Crippen LogP contribution in [0.2, 0.25) is 0 Å². The number of rotatable bonds is 11. The smallest absolute Gasteiger partial charge is 0.254 e. The molecule has 0 aliphatic rings. The van der Waals surface area contributed by atoms with Crippen molar-refractivity contribution in [2.75, 3.05) is 52.6 Å². The predicted molar refractivity (Wildman–Crippen MR) is 143 cm³/mol. The van der Waals surface area contributed by atoms with E-state index in [0.29, 0.717) is 44.3 Å². The molecule has 0 unspecified atom stereocenters. The molecule has 4 rings (SSSR count). The van der Waals surface area contributed by atoms with Crippen molar-refractivity contribution in [3.63, 3.8) is 0 Å². The van der Waals surface area contributed by atoms with Crippen LogP contribution in [0.3, 0.4) is 0 Å². The normalized spacial score (nSPS) is 11.2. The Balaban J connectivity index is 1.90. The number of aliphatic hydroxyl groups excluding tert-OH is 4. The maximum absolute atomic E-state index is 13.5. The molecule has 0 saturated carbocycles. The molecule has 0 aliphatic heterocycles. The van der Waals surface area contributed by atoms with Crippen molar-refractivity contribution in [3.8, 4) is 11.4 Å². The predicted octanol–water partition coefficient (Wildman–Crippen LogP) is 1.30. The van der Waals surface area contributed by atoms with Gasteiger partial charge in [0.15, 0.2) is 0 Å². The van der Waals surface area contributed by atoms with E-state index in [9.17, 15) is 30.0 Å². The van der Waals surface area contributed by atoms with Gasteiger partial charge in [0.25, 0.3) is 11.8 Å². The number of amides is 2. The summed E-state index contributed by atoms with van der Waals surface area (Å²) in [5.74, 6) is -0.746. The van der Waals surface area contributed by atoms with Gasteiger partial charge in [0.2, 0.25) is 0 Å². The van der Waals surface area contributed by atoms with Crippen molar-refractivity contribution < 1.29 is 30.0 Å². The van der Waals surface area contributed by atoms with Crippen LogP contribution in [-0.4, -0.2) is 105 Å². The summed E-state index contributed by atoms with van der Waals surface area (Å²) >= 11 is 0. The Morgan fingerprint density at radius 3 is 1.26 bits per heavy atom. The van der Waals surface area contributed by atoms with Crippen LogP contribution in [0.15, 0.2) is 60.7 Å². The molecule has 2 amide bonds. The molecule has 2 aromatic heterocycles. The summed E-state index contributed by atoms with van der Waals surface area (Å²) in [5.41, 5.74) is 2.50. The number of hydrogen-bond acceptors (Lipinski definition) is 8. The molecular formula is C28H30N4O6. The summed E-state index contributed by atoms with van der Waals surface area (Å²) in [6.45, 7) is -0.773. The lowest BCUT2D eigenvalue weighted by Gasteiger charge is -2.22. The van der Waals surface area contributed by atoms with Crippen LogP contribution in [-0.2, 0) is 0 Å². The van der Waals surface area contributed by atoms with Crippen molar-refractivity contribution in [2.24, 2.45) is 0 Å². The highest BCUT2D eigenvalue weighted by Gasteiger charge is 2.23. The SMILES string of the molecule is O=C(c1cc(-c2cc(C(=O)N(CCO)CCO)c3ccccc3n2)nc2ccccc12)N(CCO)CCO. The molecular weight excluding hydrogens is 488 g/mol. The summed E-state index contributed by atoms with van der Waals surface area (Å²) in [7, 11) is 0. The molecule has 2 aromatic carbocycles. The molecule has 38 heavy (non-hydrogen) atoms. The topological polar surface area (TPSA) is 147 Å². The zero-order valence-corrected chi connectivity index (χ0v) is 20.8. The maximum atomic E-state index is 13.5. The Hall–Kier alpha value is -3.96. The highest BCUT2D eigenvalue weighted by Crippen LogP contribution is 2.29. The largest absolute Gasteiger partial charge is 0.395 e. The number of aliphatic hydroxyl groups is 4. The summed E-state index contributed by atoms with van der Waals surface area (Å²) in [6, 6.07) is 17.5. The molecule has 10 nitrogen and oxygen atoms in total. The van der Waals surface area contributed by atoms with Gasteiger partial charge in [-0.05, 0) is 24.3 Å². The molecule has 0 atom stereocenters. The zero-order valence-electron chi connectivity index (χ0n) is 20.8. The summed E-state index contributed by atoms with van der Waals surface area (Å²) in [5, 5.41) is 39.0. The fourth-order valence-electron chi connectivity index (χ4n) is 4.42. The van der Waals surface area contributed by atoms with E-state index in [1.165, 1.54) is 9.80 Å². The number of fused-ring (bicyclic) bond motifs is 2. The molecule has 0 fully saturated rings. The van der Waals surface area contributed by atoms with Crippen molar-refractivity contribution in [2.45, 2.75) is 0 Å². The van der Waals surface area contributed by atoms with Crippen LogP contribution in [0.5, 0.6) is 0 Å². The first-order valence-electron chi connectivity index (χ1n) is 12.3. The number of para-hydroxylation sites is 2. The zero-order chi connectivity index (χ0) is 27.1. The first kappa shape index (κ1) is 27.1. The highest BCUT2D eigenvalue weighted by atomic mass is 16.3. The molecule has 2 heterocycles. The highest BCUT2D eigenvalue weighted by molar-refractivity contribution is 6.09. The van der Waals surface area contributed by atoms with E-state index in [-0.39, 0.29) is 64.4 Å². The number of pyridine rings is 2. The minimum Gasteiger partial charge on any atom is -0.395 e. The molecule has 198 valence electrons. The van der Waals surface area contributed by atoms with Crippen LogP contribution in [0, 0.1) is 0 Å². The van der Waals surface area contributed by atoms with Gasteiger partial charge in [-0.2, -0.15) is 0 Å². The Morgan fingerprint density at radius 1 is 0.579 bits per heavy atom. The fourth-order valence-corrected chi connectivity index (χ4v) is 4.42. The van der Waals surface area contributed by atoms with E-state index < -0.39 is 0 Å². The maximum Gasteiger partial charge on any atom is 0.254 e. The van der Waals surface area contributed by atoms with Crippen molar-refractivity contribution >= 4 is 33.6 Å². The minimum absolute atomic E-state index is 0.0593. The van der Waals surface area contributed by atoms with Crippen LogP contribution in [0.4, 0.5) is 0 Å². The van der Waals surface area contributed by atoms with Crippen LogP contribution >= 0.6 is 0 Å². The second kappa shape index (κ2) is 12.5. The second-order valence-electron chi connectivity index (χ2n) is 8.62. The van der Waals surface area contributed by atoms with E-state index in [1.54, 1.807) is 60.7 Å². The van der Waals surface area contributed by atoms with Crippen LogP contribution in [0.1, 0.15) is 20.7 Å². The molecule has 10 heteroatoms. The Morgan fingerprint density at radius 2 is 0.921 bits per heavy atom. The molecule has 0 bridgehead atoms. The van der Waals surface area contributed by atoms with Gasteiger partial charge in [-0.15, -0.1) is 0 Å². The number of hydrogen-bond donors (Lipinski definition) is 4. The Bertz CT molecular complexity index is 1320. The lowest BCUT2D eigenvalue weighted by Crippen LogP contribution is -2.36. The quantitative estimate of drug-likeness (QED) is 0.232. The van der Waals surface area contributed by atoms with Gasteiger partial charge in [0, 0.05) is 37.0 Å². The average molecular weight is 519 g/mol. The minimum atomic E-state index is -0.373. The van der Waals surface area contributed by atoms with E-state index in [1.807, 2.05) is 0 Å². The Labute approximate surface area is 219 Å². The molecule has 0 spiro atoms. The van der Waals surface area contributed by atoms with Crippen molar-refractivity contribution in [3.05, 3.63) is 71.8 Å². The van der Waals surface area contributed by atoms with Gasteiger partial charge in [-0.25, -0.2) is 9.97 Å². The molecule has 0 radical (unpaired) electrons. The molecule has 0 saturated heterocycles. The first-order chi connectivity index (χ1) is 18.5. The number of carbonyl (C=O) groups excluding carboxylic acids is 2. The lowest BCUT2D eigenvalue weighted by atomic mass is 10.0. The number of benzene rings is 2. The summed E-state index contributed by atoms with van der Waals surface area (Å²) < 4.78 is 0. The summed E-state index contributed by atoms with van der Waals surface area (Å²) in [6.07, 6.45) is 0. The third-order valence-electron chi connectivity index (χ3n) is 6.21. The van der Waals surface area contributed by atoms with E-state index in [4.69, 9.17) is 9.97 Å². The number of carbonyl (C=O) groups is 2. The second-order valence-corrected chi connectivity index (χ2v) is 8.62. The third-order valence-corrected chi connectivity index (χ3v) is 6.21. The van der Waals surface area contributed by atoms with Gasteiger partial charge in [0.05, 0.1) is 60.0 Å². The average Bonchev–Trinajstić information content (AvgIpc) is 2.95. The van der Waals surface area contributed by atoms with Crippen LogP contribution in [0.25, 0.3) is 33.2 Å². The molecule has 4 aromatic rings. The monoisotopic (exact) mass is 518 g/mol. The van der Waals surface area contributed by atoms with Gasteiger partial charge < -0.3 is 30.2 Å². The van der Waals surface area contributed by atoms with Crippen LogP contribution < -0.4 is 0 Å². The van der Waals surface area contributed by atoms with Crippen molar-refractivity contribution in [1.29, 1.82) is 0 Å². The third kappa shape index (κ3) is 5.63. The number of nitrogens with zero attached hydrogens (tertiary/aromatic N) is 4.